The lowest BCUT2D eigenvalue weighted by molar-refractivity contribution is -0.117. The Hall–Kier alpha value is -2.99. The molecule has 1 amide bonds. The molecule has 0 aromatic heterocycles. The number of carbonyl (C=O) groups excluding carboxylic acids is 1. The van der Waals surface area contributed by atoms with E-state index in [0.29, 0.717) is 11.3 Å². The maximum atomic E-state index is 12.6. The van der Waals surface area contributed by atoms with Crippen molar-refractivity contribution in [3.05, 3.63) is 53.6 Å². The van der Waals surface area contributed by atoms with Crippen molar-refractivity contribution in [2.24, 2.45) is 0 Å². The second kappa shape index (κ2) is 5.66. The fraction of sp³-hybridized carbons (Fsp3) is 0.118. The first kappa shape index (κ1) is 14.9. The van der Waals surface area contributed by atoms with Gasteiger partial charge in [-0.25, -0.2) is 0 Å². The van der Waals surface area contributed by atoms with Gasteiger partial charge in [-0.15, -0.1) is 0 Å². The molecule has 0 saturated heterocycles. The van der Waals surface area contributed by atoms with Crippen LogP contribution in [0, 0.1) is 0 Å². The Morgan fingerprint density at radius 3 is 2.52 bits per heavy atom. The third kappa shape index (κ3) is 2.60. The van der Waals surface area contributed by atoms with Crippen LogP contribution in [-0.2, 0) is 4.79 Å². The fourth-order valence-corrected chi connectivity index (χ4v) is 2.36. The lowest BCUT2D eigenvalue weighted by atomic mass is 10.0. The molecule has 1 aliphatic heterocycles. The molecule has 23 heavy (non-hydrogen) atoms. The number of anilines is 1. The first-order valence-electron chi connectivity index (χ1n) is 6.93. The average Bonchev–Trinajstić information content (AvgIpc) is 2.58. The van der Waals surface area contributed by atoms with Crippen LogP contribution in [0.2, 0.25) is 0 Å². The Kier molecular flexibility index (Phi) is 3.67. The summed E-state index contributed by atoms with van der Waals surface area (Å²) >= 11 is 0. The molecule has 118 valence electrons. The molecule has 0 spiro atoms. The molecule has 0 radical (unpaired) electrons. The zero-order valence-corrected chi connectivity index (χ0v) is 12.3. The summed E-state index contributed by atoms with van der Waals surface area (Å²) in [6.45, 7) is 0. The monoisotopic (exact) mass is 313 g/mol. The van der Waals surface area contributed by atoms with Gasteiger partial charge < -0.3 is 25.0 Å². The van der Waals surface area contributed by atoms with E-state index < -0.39 is 17.9 Å². The van der Waals surface area contributed by atoms with Crippen molar-refractivity contribution in [3.8, 4) is 17.2 Å². The largest absolute Gasteiger partial charge is 0.504 e. The van der Waals surface area contributed by atoms with E-state index in [4.69, 9.17) is 4.74 Å². The van der Waals surface area contributed by atoms with Gasteiger partial charge in [0.15, 0.2) is 11.5 Å². The molecule has 0 fully saturated rings. The Balaban J connectivity index is 1.97. The summed E-state index contributed by atoms with van der Waals surface area (Å²) in [7, 11) is 1.59. The van der Waals surface area contributed by atoms with E-state index in [1.54, 1.807) is 31.3 Å². The molecule has 6 nitrogen and oxygen atoms in total. The normalized spacial score (nSPS) is 16.1. The van der Waals surface area contributed by atoms with E-state index in [-0.39, 0.29) is 17.1 Å². The van der Waals surface area contributed by atoms with Gasteiger partial charge in [0.2, 0.25) is 12.0 Å². The fourth-order valence-electron chi connectivity index (χ4n) is 2.36. The summed E-state index contributed by atoms with van der Waals surface area (Å²) in [5.74, 6) is -1.32. The number of nitrogens with zero attached hydrogens (tertiary/aromatic N) is 1. The van der Waals surface area contributed by atoms with Crippen molar-refractivity contribution >= 4 is 17.7 Å². The van der Waals surface area contributed by atoms with E-state index >= 15 is 0 Å². The van der Waals surface area contributed by atoms with Gasteiger partial charge in [0.05, 0.1) is 5.57 Å². The number of fused-ring (bicyclic) bond motifs is 1. The van der Waals surface area contributed by atoms with Crippen LogP contribution < -0.4 is 9.64 Å². The number of benzene rings is 2. The standard InChI is InChI=1S/C17H15NO5/c1-18(11-5-3-2-4-6-11)16(21)12-9-10-7-8-13(19)14(20)15(10)23-17(12)22/h2-9,17,19-20,22H,1H3. The number of ether oxygens (including phenoxy) is 1. The number of hydrogen-bond donors (Lipinski definition) is 3. The van der Waals surface area contributed by atoms with Crippen LogP contribution in [0.15, 0.2) is 48.0 Å². The first-order chi connectivity index (χ1) is 11.0. The predicted molar refractivity (Wildman–Crippen MR) is 84.2 cm³/mol. The number of aliphatic hydroxyl groups excluding tert-OH is 1. The van der Waals surface area contributed by atoms with Gasteiger partial charge in [-0.2, -0.15) is 0 Å². The van der Waals surface area contributed by atoms with E-state index in [9.17, 15) is 20.1 Å². The van der Waals surface area contributed by atoms with E-state index in [2.05, 4.69) is 0 Å². The van der Waals surface area contributed by atoms with Crippen LogP contribution in [0.4, 0.5) is 5.69 Å². The number of rotatable bonds is 2. The molecule has 2 aromatic carbocycles. The van der Waals surface area contributed by atoms with Crippen molar-refractivity contribution in [1.82, 2.24) is 0 Å². The molecule has 0 bridgehead atoms. The Bertz CT molecular complexity index is 785. The highest BCUT2D eigenvalue weighted by molar-refractivity contribution is 6.09. The molecule has 1 atom stereocenters. The van der Waals surface area contributed by atoms with Gasteiger partial charge in [0.1, 0.15) is 0 Å². The average molecular weight is 313 g/mol. The van der Waals surface area contributed by atoms with Crippen LogP contribution in [0.5, 0.6) is 17.2 Å². The minimum absolute atomic E-state index is 0.0361. The summed E-state index contributed by atoms with van der Waals surface area (Å²) in [6, 6.07) is 11.8. The van der Waals surface area contributed by atoms with Gasteiger partial charge in [0.25, 0.3) is 5.91 Å². The van der Waals surface area contributed by atoms with Gasteiger partial charge in [-0.05, 0) is 30.3 Å². The summed E-state index contributed by atoms with van der Waals surface area (Å²) in [5.41, 5.74) is 1.11. The topological polar surface area (TPSA) is 90.2 Å². The number of likely N-dealkylation sites (N-methyl/N-ethyl adjacent to an activating group) is 1. The maximum Gasteiger partial charge on any atom is 0.260 e. The predicted octanol–water partition coefficient (Wildman–Crippen LogP) is 1.85. The van der Waals surface area contributed by atoms with Crippen molar-refractivity contribution in [2.75, 3.05) is 11.9 Å². The summed E-state index contributed by atoms with van der Waals surface area (Å²) < 4.78 is 5.19. The molecule has 0 saturated carbocycles. The molecule has 1 heterocycles. The molecule has 2 aromatic rings. The second-order valence-electron chi connectivity index (χ2n) is 5.12. The van der Waals surface area contributed by atoms with Crippen molar-refractivity contribution in [1.29, 1.82) is 0 Å². The smallest absolute Gasteiger partial charge is 0.260 e. The first-order valence-corrected chi connectivity index (χ1v) is 6.93. The number of aromatic hydroxyl groups is 2. The number of hydrogen-bond acceptors (Lipinski definition) is 5. The van der Waals surface area contributed by atoms with Crippen LogP contribution >= 0.6 is 0 Å². The highest BCUT2D eigenvalue weighted by atomic mass is 16.6. The third-order valence-corrected chi connectivity index (χ3v) is 3.64. The van der Waals surface area contributed by atoms with Crippen molar-refractivity contribution < 1.29 is 24.9 Å². The molecular formula is C17H15NO5. The quantitative estimate of drug-likeness (QED) is 0.736. The second-order valence-corrected chi connectivity index (χ2v) is 5.12. The van der Waals surface area contributed by atoms with Crippen molar-refractivity contribution in [3.63, 3.8) is 0 Å². The van der Waals surface area contributed by atoms with E-state index in [1.807, 2.05) is 6.07 Å². The Labute approximate surface area is 132 Å². The number of para-hydroxylation sites is 1. The lowest BCUT2D eigenvalue weighted by Gasteiger charge is -2.26. The van der Waals surface area contributed by atoms with E-state index in [0.717, 1.165) is 0 Å². The highest BCUT2D eigenvalue weighted by Crippen LogP contribution is 2.42. The molecule has 3 rings (SSSR count). The summed E-state index contributed by atoms with van der Waals surface area (Å²) in [6.07, 6.45) is -0.0985. The van der Waals surface area contributed by atoms with Crippen LogP contribution in [0.1, 0.15) is 5.56 Å². The number of phenols is 2. The number of carbonyl (C=O) groups is 1. The van der Waals surface area contributed by atoms with Crippen LogP contribution in [0.25, 0.3) is 6.08 Å². The Morgan fingerprint density at radius 2 is 1.83 bits per heavy atom. The maximum absolute atomic E-state index is 12.6. The molecule has 6 heteroatoms. The van der Waals surface area contributed by atoms with Crippen molar-refractivity contribution in [2.45, 2.75) is 6.29 Å². The van der Waals surface area contributed by atoms with Gasteiger partial charge in [0, 0.05) is 18.3 Å². The highest BCUT2D eigenvalue weighted by Gasteiger charge is 2.30. The number of aliphatic hydroxyl groups is 1. The number of amides is 1. The van der Waals surface area contributed by atoms with Crippen LogP contribution in [0.3, 0.4) is 0 Å². The molecule has 1 aliphatic rings. The van der Waals surface area contributed by atoms with Gasteiger partial charge in [-0.1, -0.05) is 18.2 Å². The van der Waals surface area contributed by atoms with Gasteiger partial charge >= 0.3 is 0 Å². The SMILES string of the molecule is CN(C(=O)C1=Cc2ccc(O)c(O)c2OC1O)c1ccccc1. The molecule has 3 N–H and O–H groups in total. The van der Waals surface area contributed by atoms with E-state index in [1.165, 1.54) is 23.1 Å². The minimum Gasteiger partial charge on any atom is -0.504 e. The Morgan fingerprint density at radius 1 is 1.13 bits per heavy atom. The molecular weight excluding hydrogens is 298 g/mol. The summed E-state index contributed by atoms with van der Waals surface area (Å²) in [5, 5.41) is 29.3. The molecule has 1 unspecified atom stereocenters. The molecule has 0 aliphatic carbocycles. The van der Waals surface area contributed by atoms with Crippen LogP contribution in [-0.4, -0.2) is 34.6 Å². The summed E-state index contributed by atoms with van der Waals surface area (Å²) in [4.78, 5) is 14.0. The minimum atomic E-state index is -1.53. The zero-order valence-electron chi connectivity index (χ0n) is 12.3. The third-order valence-electron chi connectivity index (χ3n) is 3.64. The lowest BCUT2D eigenvalue weighted by Crippen LogP contribution is -2.35. The number of phenolic OH excluding ortho intramolecular Hbond substituents is 2. The zero-order chi connectivity index (χ0) is 16.6. The van der Waals surface area contributed by atoms with Gasteiger partial charge in [-0.3, -0.25) is 4.79 Å².